The predicted octanol–water partition coefficient (Wildman–Crippen LogP) is 9.78. The smallest absolute Gasteiger partial charge is 0.309 e. The Morgan fingerprint density at radius 3 is 2.26 bits per heavy atom. The van der Waals surface area contributed by atoms with E-state index >= 15 is 0 Å². The van der Waals surface area contributed by atoms with Gasteiger partial charge in [-0.1, -0.05) is 60.1 Å². The van der Waals surface area contributed by atoms with Crippen LogP contribution in [-0.4, -0.2) is 43.7 Å². The standard InChI is InChI=1S/C44H60ClN3O5/c1-25(2)34-29(49)23-44(37-47-46-36(48(37)10)26-11-13-27(45)14-12-26)22-21-42(8)28(35(34)44)15-16-31-41(7)19-18-32(53-33(50)24-39(3,4)38(51)52)40(5,6)30(41)17-20-43(31,42)9/h11-14,25,28,30-32H,15-24H2,1-10H3,(H,51,52)/t28-,30+,31-,32+,41+,42-,43-,44-/m1/s1. The number of benzene rings is 1. The van der Waals surface area contributed by atoms with Crippen LogP contribution in [0.2, 0.25) is 5.02 Å². The number of carbonyl (C=O) groups excluding carboxylic acids is 2. The molecule has 1 N–H and O–H groups in total. The highest BCUT2D eigenvalue weighted by Gasteiger charge is 2.71. The lowest BCUT2D eigenvalue weighted by molar-refractivity contribution is -0.232. The number of carboxylic acids is 1. The van der Waals surface area contributed by atoms with Gasteiger partial charge in [-0.2, -0.15) is 0 Å². The van der Waals surface area contributed by atoms with E-state index in [0.717, 1.165) is 74.2 Å². The van der Waals surface area contributed by atoms with E-state index in [4.69, 9.17) is 26.5 Å². The van der Waals surface area contributed by atoms with Gasteiger partial charge < -0.3 is 14.4 Å². The molecule has 0 amide bonds. The molecule has 2 aromatic rings. The van der Waals surface area contributed by atoms with Crippen molar-refractivity contribution in [1.29, 1.82) is 0 Å². The molecule has 0 spiro atoms. The van der Waals surface area contributed by atoms with Gasteiger partial charge in [0.15, 0.2) is 11.6 Å². The molecule has 8 nitrogen and oxygen atoms in total. The second-order valence-electron chi connectivity index (χ2n) is 19.9. The van der Waals surface area contributed by atoms with Crippen LogP contribution < -0.4 is 0 Å². The number of carboxylic acid groups (broad SMARTS) is 1. The largest absolute Gasteiger partial charge is 0.481 e. The second kappa shape index (κ2) is 12.5. The Labute approximate surface area is 320 Å². The topological polar surface area (TPSA) is 111 Å². The summed E-state index contributed by atoms with van der Waals surface area (Å²) in [5.74, 6) is 1.85. The highest BCUT2D eigenvalue weighted by atomic mass is 35.5. The summed E-state index contributed by atoms with van der Waals surface area (Å²) in [5, 5.41) is 20.0. The number of Topliss-reactive ketones (excluding diaryl/α,β-unsaturated/α-hetero) is 1. The van der Waals surface area contributed by atoms with Gasteiger partial charge in [0.1, 0.15) is 11.9 Å². The van der Waals surface area contributed by atoms with E-state index in [9.17, 15) is 19.5 Å². The fourth-order valence-corrected chi connectivity index (χ4v) is 13.4. The number of hydrogen-bond acceptors (Lipinski definition) is 6. The van der Waals surface area contributed by atoms with Crippen molar-refractivity contribution in [2.75, 3.05) is 0 Å². The molecule has 1 aromatic carbocycles. The molecule has 7 rings (SSSR count). The monoisotopic (exact) mass is 745 g/mol. The molecule has 5 aliphatic carbocycles. The lowest BCUT2D eigenvalue weighted by atomic mass is 9.33. The maximum atomic E-state index is 14.3. The second-order valence-corrected chi connectivity index (χ2v) is 20.3. The Morgan fingerprint density at radius 2 is 1.62 bits per heavy atom. The maximum absolute atomic E-state index is 14.3. The molecule has 5 aliphatic rings. The van der Waals surface area contributed by atoms with Gasteiger partial charge in [0.2, 0.25) is 0 Å². The zero-order valence-electron chi connectivity index (χ0n) is 33.6. The highest BCUT2D eigenvalue weighted by Crippen LogP contribution is 2.76. The van der Waals surface area contributed by atoms with Crippen molar-refractivity contribution in [2.45, 2.75) is 138 Å². The Bertz CT molecular complexity index is 1880. The number of esters is 1. The molecule has 0 radical (unpaired) electrons. The number of hydrogen-bond donors (Lipinski definition) is 1. The number of halogens is 1. The van der Waals surface area contributed by atoms with E-state index < -0.39 is 22.8 Å². The van der Waals surface area contributed by atoms with Crippen LogP contribution in [0, 0.1) is 50.7 Å². The van der Waals surface area contributed by atoms with Crippen molar-refractivity contribution in [3.05, 3.63) is 46.3 Å². The lowest BCUT2D eigenvalue weighted by Crippen LogP contribution is -2.66. The van der Waals surface area contributed by atoms with Gasteiger partial charge in [-0.25, -0.2) is 0 Å². The third kappa shape index (κ3) is 5.44. The summed E-state index contributed by atoms with van der Waals surface area (Å²) in [7, 11) is 2.06. The molecule has 0 unspecified atom stereocenters. The van der Waals surface area contributed by atoms with Crippen LogP contribution in [0.4, 0.5) is 0 Å². The summed E-state index contributed by atoms with van der Waals surface area (Å²) in [5.41, 5.74) is 1.62. The molecule has 53 heavy (non-hydrogen) atoms. The van der Waals surface area contributed by atoms with Gasteiger partial charge in [-0.05, 0) is 141 Å². The average molecular weight is 746 g/mol. The normalized spacial score (nSPS) is 36.4. The quantitative estimate of drug-likeness (QED) is 0.281. The highest BCUT2D eigenvalue weighted by molar-refractivity contribution is 6.30. The SMILES string of the molecule is CC(C)C1=C2[C@H]3CC[C@@H]4[C@@]5(C)CC[C@H](OC(=O)CC(C)(C)C(=O)O)C(C)(C)[C@@H]5CC[C@@]4(C)[C@]3(C)CC[C@@]2(c2nnc(-c3ccc(Cl)cc3)n2C)CC1=O. The third-order valence-electron chi connectivity index (χ3n) is 16.2. The molecule has 1 aromatic heterocycles. The minimum absolute atomic E-state index is 0.000956. The fourth-order valence-electron chi connectivity index (χ4n) is 13.3. The van der Waals surface area contributed by atoms with E-state index in [1.807, 2.05) is 24.3 Å². The number of aromatic nitrogens is 3. The van der Waals surface area contributed by atoms with Crippen molar-refractivity contribution in [1.82, 2.24) is 14.8 Å². The number of rotatable bonds is 7. The van der Waals surface area contributed by atoms with E-state index in [0.29, 0.717) is 23.3 Å². The van der Waals surface area contributed by atoms with Crippen molar-refractivity contribution in [2.24, 2.45) is 57.8 Å². The van der Waals surface area contributed by atoms with Crippen LogP contribution in [0.1, 0.15) is 132 Å². The Morgan fingerprint density at radius 1 is 0.943 bits per heavy atom. The van der Waals surface area contributed by atoms with Crippen LogP contribution in [-0.2, 0) is 31.6 Å². The van der Waals surface area contributed by atoms with Gasteiger partial charge in [-0.3, -0.25) is 14.4 Å². The first-order valence-corrected chi connectivity index (χ1v) is 20.4. The zero-order chi connectivity index (χ0) is 38.7. The van der Waals surface area contributed by atoms with Crippen molar-refractivity contribution >= 4 is 29.3 Å². The van der Waals surface area contributed by atoms with Crippen molar-refractivity contribution in [3.63, 3.8) is 0 Å². The molecular formula is C44H60ClN3O5. The summed E-state index contributed by atoms with van der Waals surface area (Å²) in [4.78, 5) is 39.1. The van der Waals surface area contributed by atoms with Gasteiger partial charge in [-0.15, -0.1) is 10.2 Å². The summed E-state index contributed by atoms with van der Waals surface area (Å²) in [6.45, 7) is 19.8. The summed E-state index contributed by atoms with van der Waals surface area (Å²) in [6, 6.07) is 7.74. The summed E-state index contributed by atoms with van der Waals surface area (Å²) in [6.07, 6.45) is 8.07. The van der Waals surface area contributed by atoms with E-state index in [2.05, 4.69) is 60.1 Å². The van der Waals surface area contributed by atoms with Gasteiger partial charge in [0.25, 0.3) is 0 Å². The first-order chi connectivity index (χ1) is 24.6. The number of ether oxygens (including phenoxy) is 1. The number of nitrogens with zero attached hydrogens (tertiary/aromatic N) is 3. The first kappa shape index (κ1) is 38.3. The lowest BCUT2D eigenvalue weighted by Gasteiger charge is -2.72. The summed E-state index contributed by atoms with van der Waals surface area (Å²) < 4.78 is 8.32. The molecule has 9 heteroatoms. The zero-order valence-corrected chi connectivity index (χ0v) is 34.3. The predicted molar refractivity (Wildman–Crippen MR) is 206 cm³/mol. The van der Waals surface area contributed by atoms with E-state index in [1.54, 1.807) is 13.8 Å². The minimum atomic E-state index is -1.16. The Kier molecular flexibility index (Phi) is 9.04. The Hall–Kier alpha value is -3.00. The molecule has 1 heterocycles. The molecule has 0 aliphatic heterocycles. The molecule has 4 saturated carbocycles. The number of carbonyl (C=O) groups is 3. The fraction of sp³-hybridized carbons (Fsp3) is 0.705. The molecule has 288 valence electrons. The van der Waals surface area contributed by atoms with Gasteiger partial charge >= 0.3 is 11.9 Å². The average Bonchev–Trinajstić information content (AvgIpc) is 3.60. The summed E-state index contributed by atoms with van der Waals surface area (Å²) >= 11 is 6.23. The number of aliphatic carboxylic acids is 1. The van der Waals surface area contributed by atoms with Crippen molar-refractivity contribution in [3.8, 4) is 11.4 Å². The van der Waals surface area contributed by atoms with Crippen LogP contribution in [0.15, 0.2) is 35.4 Å². The minimum Gasteiger partial charge on any atom is -0.481 e. The Balaban J connectivity index is 1.22. The molecular weight excluding hydrogens is 686 g/mol. The van der Waals surface area contributed by atoms with Crippen molar-refractivity contribution < 1.29 is 24.2 Å². The molecule has 0 bridgehead atoms. The van der Waals surface area contributed by atoms with Crippen LogP contribution >= 0.6 is 11.6 Å². The van der Waals surface area contributed by atoms with Crippen LogP contribution in [0.5, 0.6) is 0 Å². The number of allylic oxidation sites excluding steroid dienone is 2. The molecule has 8 atom stereocenters. The molecule has 4 fully saturated rings. The number of ketones is 1. The maximum Gasteiger partial charge on any atom is 0.309 e. The van der Waals surface area contributed by atoms with Gasteiger partial charge in [0, 0.05) is 29.5 Å². The first-order valence-electron chi connectivity index (χ1n) is 20.0. The number of fused-ring (bicyclic) bond motifs is 7. The van der Waals surface area contributed by atoms with Gasteiger partial charge in [0.05, 0.1) is 17.3 Å². The van der Waals surface area contributed by atoms with Crippen LogP contribution in [0.25, 0.3) is 11.4 Å². The van der Waals surface area contributed by atoms with E-state index in [1.165, 1.54) is 5.57 Å². The molecule has 0 saturated heterocycles. The van der Waals surface area contributed by atoms with E-state index in [-0.39, 0.29) is 51.8 Å². The third-order valence-corrected chi connectivity index (χ3v) is 16.5. The van der Waals surface area contributed by atoms with Crippen LogP contribution in [0.3, 0.4) is 0 Å².